The molecule has 0 saturated heterocycles. The third-order valence-corrected chi connectivity index (χ3v) is 3.67. The second-order valence-corrected chi connectivity index (χ2v) is 5.16. The van der Waals surface area contributed by atoms with Gasteiger partial charge in [-0.05, 0) is 42.8 Å². The van der Waals surface area contributed by atoms with Crippen molar-refractivity contribution >= 4 is 11.6 Å². The molecule has 0 spiro atoms. The third kappa shape index (κ3) is 3.74. The van der Waals surface area contributed by atoms with Crippen LogP contribution >= 0.6 is 11.6 Å². The van der Waals surface area contributed by atoms with Gasteiger partial charge >= 0.3 is 0 Å². The molecule has 1 atom stereocenters. The predicted octanol–water partition coefficient (Wildman–Crippen LogP) is 4.58. The first-order valence-electron chi connectivity index (χ1n) is 7.01. The van der Waals surface area contributed by atoms with Gasteiger partial charge in [0.15, 0.2) is 0 Å². The highest BCUT2D eigenvalue weighted by molar-refractivity contribution is 6.31. The van der Waals surface area contributed by atoms with Crippen LogP contribution in [0.15, 0.2) is 42.5 Å². The van der Waals surface area contributed by atoms with E-state index in [0.29, 0.717) is 6.61 Å². The number of benzene rings is 2. The fourth-order valence-electron chi connectivity index (χ4n) is 2.22. The van der Waals surface area contributed by atoms with E-state index in [0.717, 1.165) is 23.3 Å². The number of halogens is 2. The Bertz CT molecular complexity index is 586. The zero-order valence-corrected chi connectivity index (χ0v) is 13.0. The molecule has 0 aliphatic heterocycles. The molecule has 0 amide bonds. The lowest BCUT2D eigenvalue weighted by molar-refractivity contribution is 0.317. The maximum absolute atomic E-state index is 13.6. The Morgan fingerprint density at radius 2 is 1.90 bits per heavy atom. The average molecular weight is 308 g/mol. The number of nitrogens with one attached hydrogen (secondary N) is 1. The Labute approximate surface area is 129 Å². The first-order chi connectivity index (χ1) is 10.2. The second kappa shape index (κ2) is 7.43. The number of rotatable bonds is 6. The molecule has 0 heterocycles. The van der Waals surface area contributed by atoms with Crippen LogP contribution in [0.2, 0.25) is 5.02 Å². The zero-order valence-electron chi connectivity index (χ0n) is 12.2. The summed E-state index contributed by atoms with van der Waals surface area (Å²) in [6.45, 7) is 2.77. The van der Waals surface area contributed by atoms with Crippen LogP contribution in [0.25, 0.3) is 0 Å². The summed E-state index contributed by atoms with van der Waals surface area (Å²) in [4.78, 5) is 0. The minimum absolute atomic E-state index is 0.156. The molecular formula is C17H19ClFNO. The third-order valence-electron chi connectivity index (χ3n) is 3.27. The van der Waals surface area contributed by atoms with Crippen molar-refractivity contribution in [1.82, 2.24) is 5.32 Å². The van der Waals surface area contributed by atoms with Crippen LogP contribution < -0.4 is 10.1 Å². The zero-order chi connectivity index (χ0) is 15.2. The summed E-state index contributed by atoms with van der Waals surface area (Å²) < 4.78 is 19.2. The molecular weight excluding hydrogens is 289 g/mol. The van der Waals surface area contributed by atoms with Crippen molar-refractivity contribution < 1.29 is 9.13 Å². The molecule has 0 bridgehead atoms. The fourth-order valence-corrected chi connectivity index (χ4v) is 2.46. The predicted molar refractivity (Wildman–Crippen MR) is 84.5 cm³/mol. The van der Waals surface area contributed by atoms with E-state index in [-0.39, 0.29) is 11.1 Å². The molecule has 0 aliphatic carbocycles. The topological polar surface area (TPSA) is 21.3 Å². The van der Waals surface area contributed by atoms with Crippen molar-refractivity contribution in [1.29, 1.82) is 0 Å². The van der Waals surface area contributed by atoms with E-state index in [1.165, 1.54) is 6.07 Å². The highest BCUT2D eigenvalue weighted by Gasteiger charge is 2.17. The molecule has 2 aromatic rings. The van der Waals surface area contributed by atoms with Gasteiger partial charge in [-0.3, -0.25) is 0 Å². The van der Waals surface area contributed by atoms with E-state index < -0.39 is 5.82 Å². The molecule has 2 rings (SSSR count). The first-order valence-corrected chi connectivity index (χ1v) is 7.39. The monoisotopic (exact) mass is 307 g/mol. The molecule has 4 heteroatoms. The second-order valence-electron chi connectivity index (χ2n) is 4.78. The van der Waals surface area contributed by atoms with E-state index in [1.54, 1.807) is 6.07 Å². The smallest absolute Gasteiger partial charge is 0.142 e. The lowest BCUT2D eigenvalue weighted by Gasteiger charge is -2.19. The van der Waals surface area contributed by atoms with Crippen molar-refractivity contribution in [3.05, 3.63) is 64.4 Å². The van der Waals surface area contributed by atoms with E-state index in [2.05, 4.69) is 12.2 Å². The molecule has 0 radical (unpaired) electrons. The van der Waals surface area contributed by atoms with Gasteiger partial charge in [0, 0.05) is 0 Å². The normalized spacial score (nSPS) is 12.2. The number of ether oxygens (including phenoxy) is 1. The van der Waals surface area contributed by atoms with Gasteiger partial charge in [0.1, 0.15) is 11.6 Å². The minimum atomic E-state index is -0.405. The SMILES string of the molecule is CCCOc1ccc(C(NC)c2cccc(F)c2Cl)cc1. The van der Waals surface area contributed by atoms with Crippen molar-refractivity contribution in [3.63, 3.8) is 0 Å². The highest BCUT2D eigenvalue weighted by Crippen LogP contribution is 2.30. The van der Waals surface area contributed by atoms with Crippen LogP contribution in [0, 0.1) is 5.82 Å². The summed E-state index contributed by atoms with van der Waals surface area (Å²) in [6.07, 6.45) is 0.972. The van der Waals surface area contributed by atoms with Gasteiger partial charge in [0.05, 0.1) is 17.7 Å². The van der Waals surface area contributed by atoms with Gasteiger partial charge < -0.3 is 10.1 Å². The van der Waals surface area contributed by atoms with Crippen molar-refractivity contribution in [3.8, 4) is 5.75 Å². The van der Waals surface area contributed by atoms with E-state index in [9.17, 15) is 4.39 Å². The first kappa shape index (κ1) is 15.8. The van der Waals surface area contributed by atoms with Crippen molar-refractivity contribution in [2.75, 3.05) is 13.7 Å². The van der Waals surface area contributed by atoms with Gasteiger partial charge in [0.25, 0.3) is 0 Å². The summed E-state index contributed by atoms with van der Waals surface area (Å²) in [5.41, 5.74) is 1.73. The average Bonchev–Trinajstić information content (AvgIpc) is 2.51. The molecule has 2 aromatic carbocycles. The molecule has 21 heavy (non-hydrogen) atoms. The van der Waals surface area contributed by atoms with Gasteiger partial charge in [-0.15, -0.1) is 0 Å². The fraction of sp³-hybridized carbons (Fsp3) is 0.294. The van der Waals surface area contributed by atoms with E-state index in [1.807, 2.05) is 37.4 Å². The Morgan fingerprint density at radius 1 is 1.19 bits per heavy atom. The summed E-state index contributed by atoms with van der Waals surface area (Å²) in [5.74, 6) is 0.429. The molecule has 0 saturated carbocycles. The Kier molecular flexibility index (Phi) is 5.59. The number of hydrogen-bond acceptors (Lipinski definition) is 2. The lowest BCUT2D eigenvalue weighted by atomic mass is 9.98. The molecule has 0 fully saturated rings. The standard InChI is InChI=1S/C17H19ClFNO/c1-3-11-21-13-9-7-12(8-10-13)17(20-2)14-5-4-6-15(19)16(14)18/h4-10,17,20H,3,11H2,1-2H3. The molecule has 112 valence electrons. The Morgan fingerprint density at radius 3 is 2.52 bits per heavy atom. The van der Waals surface area contributed by atoms with Crippen molar-refractivity contribution in [2.24, 2.45) is 0 Å². The number of hydrogen-bond donors (Lipinski definition) is 1. The molecule has 2 nitrogen and oxygen atoms in total. The molecule has 0 aliphatic rings. The van der Waals surface area contributed by atoms with Crippen LogP contribution in [-0.4, -0.2) is 13.7 Å². The molecule has 1 unspecified atom stereocenters. The summed E-state index contributed by atoms with van der Waals surface area (Å²) in [6, 6.07) is 12.5. The van der Waals surface area contributed by atoms with Crippen LogP contribution in [0.4, 0.5) is 4.39 Å². The maximum atomic E-state index is 13.6. The van der Waals surface area contributed by atoms with Gasteiger partial charge in [-0.2, -0.15) is 0 Å². The minimum Gasteiger partial charge on any atom is -0.494 e. The summed E-state index contributed by atoms with van der Waals surface area (Å²) in [7, 11) is 1.83. The Balaban J connectivity index is 2.27. The van der Waals surface area contributed by atoms with E-state index in [4.69, 9.17) is 16.3 Å². The lowest BCUT2D eigenvalue weighted by Crippen LogP contribution is -2.18. The maximum Gasteiger partial charge on any atom is 0.142 e. The quantitative estimate of drug-likeness (QED) is 0.843. The molecule has 1 N–H and O–H groups in total. The van der Waals surface area contributed by atoms with Crippen molar-refractivity contribution in [2.45, 2.75) is 19.4 Å². The van der Waals surface area contributed by atoms with E-state index >= 15 is 0 Å². The highest BCUT2D eigenvalue weighted by atomic mass is 35.5. The summed E-state index contributed by atoms with van der Waals surface area (Å²) in [5, 5.41) is 3.33. The summed E-state index contributed by atoms with van der Waals surface area (Å²) >= 11 is 6.08. The molecule has 0 aromatic heterocycles. The largest absolute Gasteiger partial charge is 0.494 e. The van der Waals surface area contributed by atoms with Crippen LogP contribution in [0.1, 0.15) is 30.5 Å². The van der Waals surface area contributed by atoms with Crippen LogP contribution in [0.5, 0.6) is 5.75 Å². The van der Waals surface area contributed by atoms with Crippen LogP contribution in [0.3, 0.4) is 0 Å². The van der Waals surface area contributed by atoms with Crippen LogP contribution in [-0.2, 0) is 0 Å². The van der Waals surface area contributed by atoms with Gasteiger partial charge in [-0.25, -0.2) is 4.39 Å². The Hall–Kier alpha value is -1.58. The van der Waals surface area contributed by atoms with Gasteiger partial charge in [-0.1, -0.05) is 42.8 Å². The van der Waals surface area contributed by atoms with Gasteiger partial charge in [0.2, 0.25) is 0 Å².